The quantitative estimate of drug-likeness (QED) is 0.514. The molecule has 0 atom stereocenters. The van der Waals surface area contributed by atoms with Gasteiger partial charge in [0.1, 0.15) is 24.1 Å². The molecule has 3 rings (SSSR count). The molecular formula is C22H20FN3O3. The summed E-state index contributed by atoms with van der Waals surface area (Å²) in [5.74, 6) is -0.165. The molecule has 2 heterocycles. The van der Waals surface area contributed by atoms with E-state index in [4.69, 9.17) is 14.2 Å². The van der Waals surface area contributed by atoms with Crippen molar-refractivity contribution in [3.63, 3.8) is 0 Å². The van der Waals surface area contributed by atoms with Crippen LogP contribution in [-0.2, 0) is 9.47 Å². The molecule has 0 aliphatic carbocycles. The first kappa shape index (κ1) is 20.4. The van der Waals surface area contributed by atoms with Gasteiger partial charge in [0.25, 0.3) is 0 Å². The lowest BCUT2D eigenvalue weighted by atomic mass is 10.00. The van der Waals surface area contributed by atoms with E-state index >= 15 is 0 Å². The van der Waals surface area contributed by atoms with E-state index in [0.717, 1.165) is 0 Å². The van der Waals surface area contributed by atoms with Crippen LogP contribution >= 0.6 is 0 Å². The molecule has 0 bridgehead atoms. The van der Waals surface area contributed by atoms with Gasteiger partial charge in [-0.25, -0.2) is 9.37 Å². The predicted molar refractivity (Wildman–Crippen MR) is 106 cm³/mol. The summed E-state index contributed by atoms with van der Waals surface area (Å²) in [6.07, 6.45) is 1.66. The van der Waals surface area contributed by atoms with E-state index in [1.807, 2.05) is 18.2 Å². The minimum atomic E-state index is -0.351. The number of nitriles is 1. The number of hydrogen-bond acceptors (Lipinski definition) is 6. The number of nitrogens with zero attached hydrogens (tertiary/aromatic N) is 3. The number of halogens is 1. The van der Waals surface area contributed by atoms with Gasteiger partial charge >= 0.3 is 0 Å². The smallest absolute Gasteiger partial charge is 0.233 e. The normalized spacial score (nSPS) is 10.5. The zero-order valence-electron chi connectivity index (χ0n) is 16.0. The molecule has 0 fully saturated rings. The van der Waals surface area contributed by atoms with Crippen molar-refractivity contribution in [1.29, 1.82) is 5.26 Å². The van der Waals surface area contributed by atoms with Gasteiger partial charge in [0.2, 0.25) is 5.88 Å². The molecule has 0 N–H and O–H groups in total. The van der Waals surface area contributed by atoms with Crippen molar-refractivity contribution in [2.24, 2.45) is 0 Å². The van der Waals surface area contributed by atoms with Crippen LogP contribution in [-0.4, -0.2) is 43.5 Å². The lowest BCUT2D eigenvalue weighted by Crippen LogP contribution is -2.11. The zero-order valence-corrected chi connectivity index (χ0v) is 16.0. The second-order valence-corrected chi connectivity index (χ2v) is 6.02. The first-order valence-corrected chi connectivity index (χ1v) is 9.05. The molecule has 0 radical (unpaired) electrons. The molecule has 0 saturated heterocycles. The van der Waals surface area contributed by atoms with Crippen molar-refractivity contribution in [1.82, 2.24) is 9.97 Å². The standard InChI is InChI=1S/C22H20FN3O3/c1-27-10-11-28-12-13-29-22-19(15-24)18(16-5-7-17(23)8-6-16)14-21(26-22)20-4-2-3-9-25-20/h2-9,14H,10-13H2,1H3. The fourth-order valence-corrected chi connectivity index (χ4v) is 2.68. The highest BCUT2D eigenvalue weighted by molar-refractivity contribution is 5.77. The Hall–Kier alpha value is -3.34. The summed E-state index contributed by atoms with van der Waals surface area (Å²) in [6.45, 7) is 1.49. The number of hydrogen-bond donors (Lipinski definition) is 0. The van der Waals surface area contributed by atoms with Gasteiger partial charge in [-0.1, -0.05) is 18.2 Å². The minimum absolute atomic E-state index is 0.185. The summed E-state index contributed by atoms with van der Waals surface area (Å²) in [5, 5.41) is 9.74. The number of aromatic nitrogens is 2. The third kappa shape index (κ3) is 5.35. The Labute approximate surface area is 168 Å². The topological polar surface area (TPSA) is 77.3 Å². The molecule has 6 nitrogen and oxygen atoms in total. The van der Waals surface area contributed by atoms with Gasteiger partial charge in [0.05, 0.1) is 31.2 Å². The summed E-state index contributed by atoms with van der Waals surface area (Å²) >= 11 is 0. The van der Waals surface area contributed by atoms with Gasteiger partial charge in [-0.3, -0.25) is 4.98 Å². The number of pyridine rings is 2. The highest BCUT2D eigenvalue weighted by Crippen LogP contribution is 2.33. The summed E-state index contributed by atoms with van der Waals surface area (Å²) in [4.78, 5) is 8.82. The van der Waals surface area contributed by atoms with Crippen LogP contribution in [0.15, 0.2) is 54.7 Å². The maximum atomic E-state index is 13.4. The van der Waals surface area contributed by atoms with Crippen LogP contribution in [0.5, 0.6) is 5.88 Å². The second-order valence-electron chi connectivity index (χ2n) is 6.02. The van der Waals surface area contributed by atoms with E-state index in [0.29, 0.717) is 42.3 Å². The van der Waals surface area contributed by atoms with Crippen LogP contribution in [0.1, 0.15) is 5.56 Å². The SMILES string of the molecule is COCCOCCOc1nc(-c2ccccn2)cc(-c2ccc(F)cc2)c1C#N. The highest BCUT2D eigenvalue weighted by atomic mass is 19.1. The molecule has 29 heavy (non-hydrogen) atoms. The molecule has 0 saturated carbocycles. The van der Waals surface area contributed by atoms with Crippen LogP contribution in [0.3, 0.4) is 0 Å². The minimum Gasteiger partial charge on any atom is -0.474 e. The fourth-order valence-electron chi connectivity index (χ4n) is 2.68. The maximum Gasteiger partial charge on any atom is 0.233 e. The third-order valence-corrected chi connectivity index (χ3v) is 4.08. The lowest BCUT2D eigenvalue weighted by molar-refractivity contribution is 0.0536. The van der Waals surface area contributed by atoms with Crippen molar-refractivity contribution >= 4 is 0 Å². The summed E-state index contributed by atoms with van der Waals surface area (Å²) in [7, 11) is 1.60. The average Bonchev–Trinajstić information content (AvgIpc) is 2.76. The van der Waals surface area contributed by atoms with Crippen LogP contribution < -0.4 is 4.74 Å². The monoisotopic (exact) mass is 393 g/mol. The molecule has 2 aromatic heterocycles. The van der Waals surface area contributed by atoms with Crippen LogP contribution in [0.25, 0.3) is 22.5 Å². The van der Waals surface area contributed by atoms with Crippen LogP contribution in [0, 0.1) is 17.1 Å². The summed E-state index contributed by atoms with van der Waals surface area (Å²) in [6, 6.07) is 15.3. The molecule has 3 aromatic rings. The van der Waals surface area contributed by atoms with Gasteiger partial charge in [0.15, 0.2) is 0 Å². The summed E-state index contributed by atoms with van der Waals surface area (Å²) in [5.41, 5.74) is 2.75. The van der Waals surface area contributed by atoms with Crippen molar-refractivity contribution in [3.8, 4) is 34.5 Å². The highest BCUT2D eigenvalue weighted by Gasteiger charge is 2.17. The van der Waals surface area contributed by atoms with Crippen molar-refractivity contribution < 1.29 is 18.6 Å². The van der Waals surface area contributed by atoms with Crippen LogP contribution in [0.4, 0.5) is 4.39 Å². The van der Waals surface area contributed by atoms with Gasteiger partial charge in [0, 0.05) is 18.9 Å². The van der Waals surface area contributed by atoms with Crippen molar-refractivity contribution in [2.45, 2.75) is 0 Å². The predicted octanol–water partition coefficient (Wildman–Crippen LogP) is 3.86. The van der Waals surface area contributed by atoms with Gasteiger partial charge < -0.3 is 14.2 Å². The number of ether oxygens (including phenoxy) is 3. The van der Waals surface area contributed by atoms with E-state index < -0.39 is 0 Å². The number of benzene rings is 1. The Balaban J connectivity index is 1.96. The van der Waals surface area contributed by atoms with E-state index in [9.17, 15) is 9.65 Å². The average molecular weight is 393 g/mol. The van der Waals surface area contributed by atoms with E-state index in [1.165, 1.54) is 12.1 Å². The molecule has 0 unspecified atom stereocenters. The van der Waals surface area contributed by atoms with E-state index in [-0.39, 0.29) is 23.9 Å². The van der Waals surface area contributed by atoms with E-state index in [2.05, 4.69) is 16.0 Å². The third-order valence-electron chi connectivity index (χ3n) is 4.08. The van der Waals surface area contributed by atoms with Crippen molar-refractivity contribution in [3.05, 3.63) is 66.1 Å². The zero-order chi connectivity index (χ0) is 20.5. The first-order valence-electron chi connectivity index (χ1n) is 9.05. The maximum absolute atomic E-state index is 13.4. The number of methoxy groups -OCH3 is 1. The van der Waals surface area contributed by atoms with Gasteiger partial charge in [-0.15, -0.1) is 0 Å². The summed E-state index contributed by atoms with van der Waals surface area (Å²) < 4.78 is 29.4. The second kappa shape index (κ2) is 10.3. The molecule has 7 heteroatoms. The van der Waals surface area contributed by atoms with Crippen molar-refractivity contribution in [2.75, 3.05) is 33.5 Å². The number of rotatable bonds is 9. The van der Waals surface area contributed by atoms with Crippen LogP contribution in [0.2, 0.25) is 0 Å². The van der Waals surface area contributed by atoms with Gasteiger partial charge in [-0.05, 0) is 35.9 Å². The molecular weight excluding hydrogens is 373 g/mol. The first-order chi connectivity index (χ1) is 14.2. The molecule has 0 spiro atoms. The lowest BCUT2D eigenvalue weighted by Gasteiger charge is -2.13. The molecule has 148 valence electrons. The molecule has 0 aliphatic rings. The Kier molecular flexibility index (Phi) is 7.22. The molecule has 0 aliphatic heterocycles. The fraction of sp³-hybridized carbons (Fsp3) is 0.227. The Morgan fingerprint density at radius 2 is 1.79 bits per heavy atom. The Morgan fingerprint density at radius 3 is 2.48 bits per heavy atom. The Bertz CT molecular complexity index is 973. The van der Waals surface area contributed by atoms with E-state index in [1.54, 1.807) is 31.5 Å². The van der Waals surface area contributed by atoms with Gasteiger partial charge in [-0.2, -0.15) is 5.26 Å². The Morgan fingerprint density at radius 1 is 1.00 bits per heavy atom. The largest absolute Gasteiger partial charge is 0.474 e. The molecule has 1 aromatic carbocycles. The molecule has 0 amide bonds.